The molecule has 2 aromatic rings. The van der Waals surface area contributed by atoms with E-state index in [9.17, 15) is 0 Å². The Balaban J connectivity index is 2.08. The van der Waals surface area contributed by atoms with Gasteiger partial charge in [0.2, 0.25) is 0 Å². The van der Waals surface area contributed by atoms with Gasteiger partial charge in [-0.25, -0.2) is 0 Å². The van der Waals surface area contributed by atoms with Crippen LogP contribution in [0.4, 0.5) is 0 Å². The van der Waals surface area contributed by atoms with Gasteiger partial charge in [0.05, 0.1) is 0 Å². The smallest absolute Gasteiger partial charge is 0.0336 e. The first-order valence-electron chi connectivity index (χ1n) is 8.62. The molecule has 0 bridgehead atoms. The van der Waals surface area contributed by atoms with E-state index in [2.05, 4.69) is 60.2 Å². The number of nitrogens with one attached hydrogen (secondary N) is 1. The molecule has 1 nitrogen and oxygen atoms in total. The summed E-state index contributed by atoms with van der Waals surface area (Å²) in [7, 11) is 2.07. The molecule has 1 fully saturated rings. The van der Waals surface area contributed by atoms with Crippen molar-refractivity contribution in [3.63, 3.8) is 0 Å². The molecule has 22 heavy (non-hydrogen) atoms. The topological polar surface area (TPSA) is 12.0 Å². The molecule has 1 N–H and O–H groups in total. The summed E-state index contributed by atoms with van der Waals surface area (Å²) in [5.41, 5.74) is 1.71. The highest BCUT2D eigenvalue weighted by Gasteiger charge is 2.42. The Kier molecular flexibility index (Phi) is 5.32. The van der Waals surface area contributed by atoms with Gasteiger partial charge in [-0.3, -0.25) is 0 Å². The van der Waals surface area contributed by atoms with Crippen LogP contribution in [0, 0.1) is 5.92 Å². The Morgan fingerprint density at radius 1 is 1.05 bits per heavy atom. The van der Waals surface area contributed by atoms with E-state index in [1.54, 1.807) is 4.88 Å². The minimum atomic E-state index is 0.193. The van der Waals surface area contributed by atoms with Crippen LogP contribution in [0.5, 0.6) is 0 Å². The van der Waals surface area contributed by atoms with E-state index in [-0.39, 0.29) is 5.41 Å². The van der Waals surface area contributed by atoms with Gasteiger partial charge in [-0.2, -0.15) is 0 Å². The Morgan fingerprint density at radius 3 is 2.45 bits per heavy atom. The average molecular weight is 314 g/mol. The molecule has 1 aliphatic rings. The molecule has 1 heterocycles. The van der Waals surface area contributed by atoms with E-state index >= 15 is 0 Å². The molecule has 0 saturated heterocycles. The maximum atomic E-state index is 3.40. The summed E-state index contributed by atoms with van der Waals surface area (Å²) in [6.45, 7) is 1.07. The van der Waals surface area contributed by atoms with Crippen LogP contribution in [-0.2, 0) is 5.41 Å². The molecular formula is C20H27NS. The van der Waals surface area contributed by atoms with Gasteiger partial charge in [0.15, 0.2) is 0 Å². The molecule has 1 aliphatic carbocycles. The predicted octanol–water partition coefficient (Wildman–Crippen LogP) is 5.22. The lowest BCUT2D eigenvalue weighted by Crippen LogP contribution is -2.39. The lowest BCUT2D eigenvalue weighted by atomic mass is 9.62. The van der Waals surface area contributed by atoms with Crippen LogP contribution >= 0.6 is 11.3 Å². The molecular weight excluding hydrogens is 286 g/mol. The van der Waals surface area contributed by atoms with Crippen molar-refractivity contribution < 1.29 is 0 Å². The summed E-state index contributed by atoms with van der Waals surface area (Å²) >= 11 is 1.94. The van der Waals surface area contributed by atoms with Crippen molar-refractivity contribution in [1.29, 1.82) is 0 Å². The third-order valence-corrected chi connectivity index (χ3v) is 6.37. The maximum absolute atomic E-state index is 3.40. The zero-order valence-corrected chi connectivity index (χ0v) is 14.4. The first kappa shape index (κ1) is 15.8. The number of rotatable bonds is 6. The zero-order valence-electron chi connectivity index (χ0n) is 13.6. The van der Waals surface area contributed by atoms with Crippen LogP contribution in [0.2, 0.25) is 0 Å². The molecule has 0 spiro atoms. The van der Waals surface area contributed by atoms with Crippen LogP contribution in [0.25, 0.3) is 0 Å². The van der Waals surface area contributed by atoms with Crippen LogP contribution < -0.4 is 5.32 Å². The summed E-state index contributed by atoms with van der Waals surface area (Å²) in [4.78, 5) is 1.56. The van der Waals surface area contributed by atoms with Crippen molar-refractivity contribution in [2.24, 2.45) is 5.92 Å². The fourth-order valence-electron chi connectivity index (χ4n) is 4.24. The summed E-state index contributed by atoms with van der Waals surface area (Å²) in [6.07, 6.45) is 8.14. The van der Waals surface area contributed by atoms with Crippen molar-refractivity contribution in [2.75, 3.05) is 13.6 Å². The van der Waals surface area contributed by atoms with E-state index in [4.69, 9.17) is 0 Å². The van der Waals surface area contributed by atoms with Crippen molar-refractivity contribution >= 4 is 11.3 Å². The van der Waals surface area contributed by atoms with Crippen LogP contribution in [0.3, 0.4) is 0 Å². The molecule has 3 rings (SSSR count). The minimum absolute atomic E-state index is 0.193. The molecule has 1 aromatic carbocycles. The normalized spacial score (nSPS) is 19.0. The van der Waals surface area contributed by atoms with Crippen molar-refractivity contribution in [3.05, 3.63) is 58.3 Å². The van der Waals surface area contributed by atoms with Gasteiger partial charge >= 0.3 is 0 Å². The Labute approximate surface area is 138 Å². The first-order chi connectivity index (χ1) is 10.9. The molecule has 1 atom stereocenters. The molecule has 2 heteroatoms. The maximum Gasteiger partial charge on any atom is 0.0336 e. The van der Waals surface area contributed by atoms with E-state index in [0.29, 0.717) is 0 Å². The van der Waals surface area contributed by atoms with E-state index < -0.39 is 0 Å². The second kappa shape index (κ2) is 7.43. The molecule has 118 valence electrons. The Bertz CT molecular complexity index is 542. The highest BCUT2D eigenvalue weighted by atomic mass is 32.1. The minimum Gasteiger partial charge on any atom is -0.320 e. The highest BCUT2D eigenvalue weighted by molar-refractivity contribution is 7.10. The third kappa shape index (κ3) is 3.00. The molecule has 0 amide bonds. The van der Waals surface area contributed by atoms with E-state index in [0.717, 1.165) is 12.5 Å². The van der Waals surface area contributed by atoms with Crippen molar-refractivity contribution in [3.8, 4) is 0 Å². The van der Waals surface area contributed by atoms with E-state index in [1.165, 1.54) is 44.1 Å². The van der Waals surface area contributed by atoms with Crippen molar-refractivity contribution in [1.82, 2.24) is 5.32 Å². The monoisotopic (exact) mass is 313 g/mol. The van der Waals surface area contributed by atoms with Crippen LogP contribution in [0.15, 0.2) is 47.8 Å². The van der Waals surface area contributed by atoms with Gasteiger partial charge in [0.1, 0.15) is 0 Å². The number of thiophene rings is 1. The van der Waals surface area contributed by atoms with Crippen LogP contribution in [0.1, 0.15) is 49.0 Å². The van der Waals surface area contributed by atoms with Crippen molar-refractivity contribution in [2.45, 2.75) is 43.9 Å². The Morgan fingerprint density at radius 2 is 1.82 bits per heavy atom. The lowest BCUT2D eigenvalue weighted by Gasteiger charge is -2.43. The average Bonchev–Trinajstić information content (AvgIpc) is 3.13. The molecule has 1 saturated carbocycles. The Hall–Kier alpha value is -1.12. The molecule has 0 radical (unpaired) electrons. The predicted molar refractivity (Wildman–Crippen MR) is 96.7 cm³/mol. The van der Waals surface area contributed by atoms with Gasteiger partial charge in [-0.05, 0) is 55.8 Å². The second-order valence-corrected chi connectivity index (χ2v) is 7.45. The fraction of sp³-hybridized carbons (Fsp3) is 0.500. The summed E-state index contributed by atoms with van der Waals surface area (Å²) in [6, 6.07) is 15.8. The number of hydrogen-bond acceptors (Lipinski definition) is 2. The molecule has 1 unspecified atom stereocenters. The van der Waals surface area contributed by atoms with Gasteiger partial charge in [-0.1, -0.05) is 55.7 Å². The second-order valence-electron chi connectivity index (χ2n) is 6.50. The van der Waals surface area contributed by atoms with Gasteiger partial charge in [0.25, 0.3) is 0 Å². The third-order valence-electron chi connectivity index (χ3n) is 5.32. The van der Waals surface area contributed by atoms with Gasteiger partial charge in [-0.15, -0.1) is 11.3 Å². The SMILES string of the molecule is CNCCC(c1ccccc1)(c1cccs1)C1CCCCC1. The summed E-state index contributed by atoms with van der Waals surface area (Å²) in [5.74, 6) is 0.774. The van der Waals surface area contributed by atoms with Gasteiger partial charge in [0, 0.05) is 10.3 Å². The van der Waals surface area contributed by atoms with Gasteiger partial charge < -0.3 is 5.32 Å². The highest BCUT2D eigenvalue weighted by Crippen LogP contribution is 2.49. The zero-order chi connectivity index (χ0) is 15.3. The number of hydrogen-bond donors (Lipinski definition) is 1. The lowest BCUT2D eigenvalue weighted by molar-refractivity contribution is 0.228. The standard InChI is InChI=1S/C20H27NS/c1-21-15-14-20(19-13-8-16-22-19,17-9-4-2-5-10-17)18-11-6-3-7-12-18/h2,4-5,8-10,13,16,18,21H,3,6-7,11-12,14-15H2,1H3. The summed E-state index contributed by atoms with van der Waals surface area (Å²) in [5, 5.41) is 5.64. The van der Waals surface area contributed by atoms with E-state index in [1.807, 2.05) is 11.3 Å². The molecule has 0 aliphatic heterocycles. The molecule has 1 aromatic heterocycles. The fourth-order valence-corrected chi connectivity index (χ4v) is 5.29. The van der Waals surface area contributed by atoms with Crippen LogP contribution in [-0.4, -0.2) is 13.6 Å². The quantitative estimate of drug-likeness (QED) is 0.770. The number of benzene rings is 1. The summed E-state index contributed by atoms with van der Waals surface area (Å²) < 4.78 is 0. The largest absolute Gasteiger partial charge is 0.320 e. The first-order valence-corrected chi connectivity index (χ1v) is 9.50.